The van der Waals surface area contributed by atoms with Crippen molar-refractivity contribution >= 4 is 44.1 Å². The average Bonchev–Trinajstić information content (AvgIpc) is 3.22. The maximum absolute atomic E-state index is 13.1. The summed E-state index contributed by atoms with van der Waals surface area (Å²) in [6.45, 7) is -0.0261. The first-order valence-electron chi connectivity index (χ1n) is 8.44. The monoisotopic (exact) mass is 455 g/mol. The second-order valence-corrected chi connectivity index (χ2v) is 8.09. The summed E-state index contributed by atoms with van der Waals surface area (Å²) < 4.78 is 3.32. The van der Waals surface area contributed by atoms with E-state index >= 15 is 0 Å². The molecule has 0 bridgehead atoms. The van der Waals surface area contributed by atoms with Crippen LogP contribution in [-0.4, -0.2) is 19.9 Å². The number of hydrogen-bond donors (Lipinski definition) is 0. The van der Waals surface area contributed by atoms with Crippen LogP contribution in [0.1, 0.15) is 15.2 Å². The largest absolute Gasteiger partial charge is 0.332 e. The molecule has 4 rings (SSSR count). The second-order valence-electron chi connectivity index (χ2n) is 6.14. The van der Waals surface area contributed by atoms with Crippen molar-refractivity contribution in [2.45, 2.75) is 13.1 Å². The van der Waals surface area contributed by atoms with Crippen LogP contribution in [0.4, 0.5) is 0 Å². The minimum Gasteiger partial charge on any atom is -0.292 e. The topological polar surface area (TPSA) is 74.0 Å². The van der Waals surface area contributed by atoms with Gasteiger partial charge in [-0.1, -0.05) is 34.1 Å². The third-order valence-electron chi connectivity index (χ3n) is 4.35. The maximum atomic E-state index is 13.1. The number of thiophene rings is 1. The number of hydrogen-bond acceptors (Lipinski definition) is 5. The number of carbonyl (C=O) groups is 1. The lowest BCUT2D eigenvalue weighted by Crippen LogP contribution is -2.41. The summed E-state index contributed by atoms with van der Waals surface area (Å²) in [4.78, 5) is 43.7. The molecule has 3 heterocycles. The van der Waals surface area contributed by atoms with Crippen molar-refractivity contribution in [3.63, 3.8) is 0 Å². The highest BCUT2D eigenvalue weighted by atomic mass is 79.9. The van der Waals surface area contributed by atoms with E-state index in [1.165, 1.54) is 22.1 Å². The van der Waals surface area contributed by atoms with Crippen LogP contribution >= 0.6 is 27.3 Å². The van der Waals surface area contributed by atoms with Crippen molar-refractivity contribution in [2.24, 2.45) is 0 Å². The molecule has 8 heteroatoms. The summed E-state index contributed by atoms with van der Waals surface area (Å²) in [5.74, 6) is -0.221. The fraction of sp³-hybridized carbons (Fsp3) is 0.100. The van der Waals surface area contributed by atoms with Crippen LogP contribution in [0.2, 0.25) is 0 Å². The first-order chi connectivity index (χ1) is 13.5. The lowest BCUT2D eigenvalue weighted by molar-refractivity contribution is 0.0971. The number of rotatable bonds is 5. The van der Waals surface area contributed by atoms with Crippen molar-refractivity contribution in [3.05, 3.63) is 95.9 Å². The van der Waals surface area contributed by atoms with E-state index in [4.69, 9.17) is 0 Å². The van der Waals surface area contributed by atoms with Crippen molar-refractivity contribution in [2.75, 3.05) is 0 Å². The summed E-state index contributed by atoms with van der Waals surface area (Å²) >= 11 is 4.80. The van der Waals surface area contributed by atoms with Crippen molar-refractivity contribution in [3.8, 4) is 0 Å². The predicted molar refractivity (Wildman–Crippen MR) is 112 cm³/mol. The van der Waals surface area contributed by atoms with E-state index in [2.05, 4.69) is 20.9 Å². The molecule has 0 aliphatic rings. The number of fused-ring (bicyclic) bond motifs is 1. The van der Waals surface area contributed by atoms with Crippen LogP contribution in [-0.2, 0) is 13.1 Å². The molecule has 0 unspecified atom stereocenters. The van der Waals surface area contributed by atoms with Crippen LogP contribution in [0, 0.1) is 0 Å². The van der Waals surface area contributed by atoms with Gasteiger partial charge >= 0.3 is 5.69 Å². The Morgan fingerprint density at radius 1 is 1.04 bits per heavy atom. The zero-order valence-corrected chi connectivity index (χ0v) is 16.9. The van der Waals surface area contributed by atoms with Gasteiger partial charge in [0.05, 0.1) is 18.6 Å². The Bertz CT molecular complexity index is 1280. The minimum absolute atomic E-state index is 0.147. The Morgan fingerprint density at radius 3 is 2.54 bits per heavy atom. The van der Waals surface area contributed by atoms with E-state index in [1.54, 1.807) is 36.4 Å². The van der Waals surface area contributed by atoms with Gasteiger partial charge in [0, 0.05) is 21.1 Å². The van der Waals surface area contributed by atoms with Crippen LogP contribution in [0.5, 0.6) is 0 Å². The third kappa shape index (κ3) is 3.48. The van der Waals surface area contributed by atoms with Crippen molar-refractivity contribution < 1.29 is 4.79 Å². The number of nitrogens with zero attached hydrogens (tertiary/aromatic N) is 3. The number of aromatic nitrogens is 3. The summed E-state index contributed by atoms with van der Waals surface area (Å²) in [5, 5.41) is 1.88. The van der Waals surface area contributed by atoms with Crippen LogP contribution in [0.3, 0.4) is 0 Å². The normalized spacial score (nSPS) is 11.0. The molecule has 140 valence electrons. The van der Waals surface area contributed by atoms with E-state index in [9.17, 15) is 14.4 Å². The molecule has 0 aliphatic heterocycles. The highest BCUT2D eigenvalue weighted by molar-refractivity contribution is 9.10. The first kappa shape index (κ1) is 18.5. The summed E-state index contributed by atoms with van der Waals surface area (Å²) in [5.41, 5.74) is 0.0292. The highest BCUT2D eigenvalue weighted by Crippen LogP contribution is 2.13. The van der Waals surface area contributed by atoms with E-state index < -0.39 is 11.2 Å². The molecule has 0 fully saturated rings. The quantitative estimate of drug-likeness (QED) is 0.432. The zero-order chi connectivity index (χ0) is 19.7. The minimum atomic E-state index is -0.524. The molecule has 0 spiro atoms. The molecule has 0 saturated heterocycles. The lowest BCUT2D eigenvalue weighted by atomic mass is 10.1. The molecule has 0 radical (unpaired) electrons. The van der Waals surface area contributed by atoms with Gasteiger partial charge in [-0.2, -0.15) is 0 Å². The molecule has 0 atom stereocenters. The van der Waals surface area contributed by atoms with Gasteiger partial charge < -0.3 is 0 Å². The Hall–Kier alpha value is -2.84. The summed E-state index contributed by atoms with van der Waals surface area (Å²) in [6, 6.07) is 13.9. The van der Waals surface area contributed by atoms with Gasteiger partial charge in [0.1, 0.15) is 0 Å². The molecule has 0 aliphatic carbocycles. The molecule has 0 N–H and O–H groups in total. The third-order valence-corrected chi connectivity index (χ3v) is 5.74. The molecule has 28 heavy (non-hydrogen) atoms. The van der Waals surface area contributed by atoms with E-state index in [1.807, 2.05) is 17.5 Å². The lowest BCUT2D eigenvalue weighted by Gasteiger charge is -2.13. The Kier molecular flexibility index (Phi) is 5.06. The first-order valence-corrected chi connectivity index (χ1v) is 10.1. The highest BCUT2D eigenvalue weighted by Gasteiger charge is 2.17. The number of benzene rings is 1. The average molecular weight is 456 g/mol. The Morgan fingerprint density at radius 2 is 1.82 bits per heavy atom. The molecular weight excluding hydrogens is 442 g/mol. The van der Waals surface area contributed by atoms with Crippen molar-refractivity contribution in [1.82, 2.24) is 14.1 Å². The van der Waals surface area contributed by atoms with Gasteiger partial charge in [-0.3, -0.25) is 18.7 Å². The molecular formula is C20H14BrN3O3S. The number of halogens is 1. The van der Waals surface area contributed by atoms with E-state index in [-0.39, 0.29) is 24.4 Å². The van der Waals surface area contributed by atoms with Crippen molar-refractivity contribution in [1.29, 1.82) is 0 Å². The van der Waals surface area contributed by atoms with Gasteiger partial charge in [0.25, 0.3) is 5.56 Å². The Labute approximate surface area is 171 Å². The summed E-state index contributed by atoms with van der Waals surface area (Å²) in [7, 11) is 0. The summed E-state index contributed by atoms with van der Waals surface area (Å²) in [6.07, 6.45) is 1.50. The van der Waals surface area contributed by atoms with E-state index in [0.29, 0.717) is 11.1 Å². The second kappa shape index (κ2) is 7.65. The molecule has 0 saturated carbocycles. The van der Waals surface area contributed by atoms with Gasteiger partial charge in [0.15, 0.2) is 11.3 Å². The molecule has 6 nitrogen and oxygen atoms in total. The maximum Gasteiger partial charge on any atom is 0.332 e. The van der Waals surface area contributed by atoms with Crippen LogP contribution < -0.4 is 11.2 Å². The van der Waals surface area contributed by atoms with Crippen LogP contribution in [0.25, 0.3) is 11.0 Å². The molecule has 4 aromatic rings. The fourth-order valence-electron chi connectivity index (χ4n) is 2.96. The molecule has 1 aromatic carbocycles. The smallest absolute Gasteiger partial charge is 0.292 e. The molecule has 0 amide bonds. The van der Waals surface area contributed by atoms with Gasteiger partial charge in [-0.05, 0) is 35.7 Å². The number of carbonyl (C=O) groups excluding carboxylic acids is 1. The van der Waals surface area contributed by atoms with Gasteiger partial charge in [-0.15, -0.1) is 11.3 Å². The van der Waals surface area contributed by atoms with Crippen LogP contribution in [0.15, 0.2) is 74.2 Å². The number of pyridine rings is 1. The standard InChI is InChI=1S/C20H14BrN3O3S/c21-14-7-5-13(6-8-14)17(25)12-23-16-4-1-9-22-18(16)19(26)24(20(23)27)11-15-3-2-10-28-15/h1-10H,11-12H2. The van der Waals surface area contributed by atoms with Gasteiger partial charge in [0.2, 0.25) is 0 Å². The SMILES string of the molecule is O=C(Cn1c(=O)n(Cc2cccs2)c(=O)c2ncccc21)c1ccc(Br)cc1. The van der Waals surface area contributed by atoms with E-state index in [0.717, 1.165) is 13.9 Å². The molecule has 3 aromatic heterocycles. The Balaban J connectivity index is 1.84. The predicted octanol–water partition coefficient (Wildman–Crippen LogP) is 3.31. The number of ketones is 1. The number of Topliss-reactive ketones (excluding diaryl/α,β-unsaturated/α-hetero) is 1. The zero-order valence-electron chi connectivity index (χ0n) is 14.5. The van der Waals surface area contributed by atoms with Gasteiger partial charge in [-0.25, -0.2) is 9.78 Å². The fourth-order valence-corrected chi connectivity index (χ4v) is 3.92.